The molecule has 5 nitrogen and oxygen atoms in total. The van der Waals surface area contributed by atoms with Gasteiger partial charge in [-0.1, -0.05) is 64.6 Å². The Labute approximate surface area is 274 Å². The van der Waals surface area contributed by atoms with Gasteiger partial charge < -0.3 is 0 Å². The molecule has 0 bridgehead atoms. The Kier molecular flexibility index (Phi) is 10.3. The third-order valence-corrected chi connectivity index (χ3v) is 7.35. The molecule has 0 saturated carbocycles. The molecule has 0 atom stereocenters. The summed E-state index contributed by atoms with van der Waals surface area (Å²) < 4.78 is 0. The zero-order chi connectivity index (χ0) is 31.8. The van der Waals surface area contributed by atoms with E-state index in [9.17, 15) is 15.8 Å². The molecule has 44 heavy (non-hydrogen) atoms. The number of rotatable bonds is 6. The minimum absolute atomic E-state index is 0.157. The molecular formula is C35H15Cl4N5. The van der Waals surface area contributed by atoms with Crippen LogP contribution in [0.3, 0.4) is 0 Å². The zero-order valence-electron chi connectivity index (χ0n) is 22.4. The second-order valence-electron chi connectivity index (χ2n) is 9.12. The standard InChI is InChI=1S/C35H15Cl4N5/c1-43-34-14-21(18-40)3-6-30(34)26(20-42)13-23-9-22(12-25(19-41)29-7-4-27(36)16-32(29)38)10-24(11-23)15-35(44-2)31-8-5-28(37)17-33(31)39/h3-17H/b25-12+,26-13+,35-15-. The van der Waals surface area contributed by atoms with Crippen LogP contribution in [0.1, 0.15) is 38.9 Å². The third-order valence-electron chi connectivity index (χ3n) is 6.25. The molecule has 0 aliphatic carbocycles. The average molecular weight is 647 g/mol. The number of halogens is 4. The van der Waals surface area contributed by atoms with Crippen molar-refractivity contribution in [2.75, 3.05) is 0 Å². The summed E-state index contributed by atoms with van der Waals surface area (Å²) in [6.07, 6.45) is 4.87. The van der Waals surface area contributed by atoms with Gasteiger partial charge in [0, 0.05) is 31.8 Å². The van der Waals surface area contributed by atoms with Gasteiger partial charge in [-0.15, -0.1) is 0 Å². The molecule has 208 valence electrons. The SMILES string of the molecule is [C-]#[N+]/C(=C\c1cc(/C=C(\C#N)c2ccc(Cl)cc2Cl)cc(/C=C(\C#N)c2ccc(C#N)cc2[N+]#[C-])c1)c1ccc(Cl)cc1Cl. The van der Waals surface area contributed by atoms with Gasteiger partial charge in [-0.3, -0.25) is 0 Å². The van der Waals surface area contributed by atoms with Crippen molar-refractivity contribution in [1.82, 2.24) is 0 Å². The second kappa shape index (κ2) is 14.3. The van der Waals surface area contributed by atoms with E-state index in [-0.39, 0.29) is 22.5 Å². The number of nitriles is 3. The van der Waals surface area contributed by atoms with Crippen LogP contribution in [0.4, 0.5) is 5.69 Å². The van der Waals surface area contributed by atoms with Gasteiger partial charge in [0.2, 0.25) is 0 Å². The number of nitrogens with zero attached hydrogens (tertiary/aromatic N) is 5. The molecule has 0 fully saturated rings. The first-order valence-corrected chi connectivity index (χ1v) is 14.0. The lowest BCUT2D eigenvalue weighted by Gasteiger charge is -2.08. The Balaban J connectivity index is 1.95. The summed E-state index contributed by atoms with van der Waals surface area (Å²) in [4.78, 5) is 7.17. The Morgan fingerprint density at radius 2 is 1.11 bits per heavy atom. The zero-order valence-corrected chi connectivity index (χ0v) is 25.4. The fourth-order valence-corrected chi connectivity index (χ4v) is 5.30. The molecule has 0 unspecified atom stereocenters. The third kappa shape index (κ3) is 7.37. The number of allylic oxidation sites excluding steroid dienone is 2. The lowest BCUT2D eigenvalue weighted by molar-refractivity contribution is 1.48. The molecule has 0 saturated heterocycles. The minimum atomic E-state index is 0.157. The first-order valence-electron chi connectivity index (χ1n) is 12.5. The normalized spacial score (nSPS) is 11.5. The number of hydrogen-bond donors (Lipinski definition) is 0. The molecule has 9 heteroatoms. The Morgan fingerprint density at radius 1 is 0.614 bits per heavy atom. The summed E-state index contributed by atoms with van der Waals surface area (Å²) >= 11 is 24.9. The monoisotopic (exact) mass is 645 g/mol. The van der Waals surface area contributed by atoms with Gasteiger partial charge in [-0.2, -0.15) is 15.8 Å². The van der Waals surface area contributed by atoms with Crippen LogP contribution in [0.5, 0.6) is 0 Å². The molecule has 0 aromatic heterocycles. The molecule has 0 radical (unpaired) electrons. The van der Waals surface area contributed by atoms with E-state index in [1.807, 2.05) is 6.07 Å². The van der Waals surface area contributed by atoms with Crippen LogP contribution < -0.4 is 0 Å². The topological polar surface area (TPSA) is 80.1 Å². The maximum atomic E-state index is 10.1. The van der Waals surface area contributed by atoms with Crippen molar-refractivity contribution in [2.45, 2.75) is 0 Å². The first-order chi connectivity index (χ1) is 21.2. The molecule has 0 spiro atoms. The first kappa shape index (κ1) is 31.6. The lowest BCUT2D eigenvalue weighted by atomic mass is 9.96. The lowest BCUT2D eigenvalue weighted by Crippen LogP contribution is -1.89. The van der Waals surface area contributed by atoms with Crippen LogP contribution in [0.15, 0.2) is 72.8 Å². The van der Waals surface area contributed by atoms with Crippen molar-refractivity contribution in [3.05, 3.63) is 155 Å². The van der Waals surface area contributed by atoms with E-state index >= 15 is 0 Å². The molecular weight excluding hydrogens is 632 g/mol. The number of hydrogen-bond acceptors (Lipinski definition) is 3. The Bertz CT molecular complexity index is 2030. The molecule has 4 aromatic carbocycles. The molecule has 0 aliphatic rings. The van der Waals surface area contributed by atoms with Crippen molar-refractivity contribution in [1.29, 1.82) is 15.8 Å². The minimum Gasteiger partial charge on any atom is -0.237 e. The molecule has 0 heterocycles. The van der Waals surface area contributed by atoms with Gasteiger partial charge in [0.15, 0.2) is 11.4 Å². The average Bonchev–Trinajstić information content (AvgIpc) is 3.01. The largest absolute Gasteiger partial charge is 0.237 e. The number of benzene rings is 4. The van der Waals surface area contributed by atoms with E-state index in [4.69, 9.17) is 59.5 Å². The van der Waals surface area contributed by atoms with Crippen LogP contribution in [0.2, 0.25) is 20.1 Å². The molecule has 0 aliphatic heterocycles. The van der Waals surface area contributed by atoms with Crippen LogP contribution in [-0.2, 0) is 0 Å². The smallest absolute Gasteiger partial charge is 0.196 e. The van der Waals surface area contributed by atoms with Crippen molar-refractivity contribution < 1.29 is 0 Å². The van der Waals surface area contributed by atoms with Gasteiger partial charge in [0.1, 0.15) is 0 Å². The molecule has 0 amide bonds. The van der Waals surface area contributed by atoms with E-state index in [0.717, 1.165) is 0 Å². The van der Waals surface area contributed by atoms with Crippen molar-refractivity contribution in [2.24, 2.45) is 0 Å². The van der Waals surface area contributed by atoms with Gasteiger partial charge in [-0.25, -0.2) is 9.69 Å². The van der Waals surface area contributed by atoms with E-state index in [0.29, 0.717) is 59.0 Å². The van der Waals surface area contributed by atoms with Crippen LogP contribution in [0.25, 0.3) is 44.8 Å². The maximum absolute atomic E-state index is 10.1. The van der Waals surface area contributed by atoms with E-state index in [1.54, 1.807) is 78.9 Å². The van der Waals surface area contributed by atoms with E-state index in [2.05, 4.69) is 21.8 Å². The van der Waals surface area contributed by atoms with Crippen molar-refractivity contribution in [3.63, 3.8) is 0 Å². The van der Waals surface area contributed by atoms with Gasteiger partial charge in [0.05, 0.1) is 41.9 Å². The molecule has 4 rings (SSSR count). The van der Waals surface area contributed by atoms with Gasteiger partial charge in [-0.05, 0) is 101 Å². The van der Waals surface area contributed by atoms with Crippen molar-refractivity contribution >= 4 is 87.2 Å². The Morgan fingerprint density at radius 3 is 1.59 bits per heavy atom. The highest BCUT2D eigenvalue weighted by molar-refractivity contribution is 6.36. The summed E-state index contributed by atoms with van der Waals surface area (Å²) in [5, 5.41) is 30.7. The summed E-state index contributed by atoms with van der Waals surface area (Å²) in [5.41, 5.74) is 4.15. The van der Waals surface area contributed by atoms with Crippen LogP contribution in [-0.4, -0.2) is 0 Å². The van der Waals surface area contributed by atoms with E-state index < -0.39 is 0 Å². The highest BCUT2D eigenvalue weighted by Gasteiger charge is 2.13. The van der Waals surface area contributed by atoms with Gasteiger partial charge in [0.25, 0.3) is 0 Å². The predicted octanol–water partition coefficient (Wildman–Crippen LogP) is 11.3. The van der Waals surface area contributed by atoms with Gasteiger partial charge >= 0.3 is 0 Å². The fraction of sp³-hybridized carbons (Fsp3) is 0. The second-order valence-corrected chi connectivity index (χ2v) is 10.8. The quantitative estimate of drug-likeness (QED) is 0.119. The summed E-state index contributed by atoms with van der Waals surface area (Å²) in [7, 11) is 0. The Hall–Kier alpha value is -5.29. The summed E-state index contributed by atoms with van der Waals surface area (Å²) in [6, 6.07) is 25.8. The fourth-order valence-electron chi connectivity index (χ4n) is 4.28. The van der Waals surface area contributed by atoms with Crippen LogP contribution in [0, 0.1) is 47.1 Å². The van der Waals surface area contributed by atoms with Crippen molar-refractivity contribution in [3.8, 4) is 18.2 Å². The summed E-state index contributed by atoms with van der Waals surface area (Å²) in [5.74, 6) is 0. The summed E-state index contributed by atoms with van der Waals surface area (Å²) in [6.45, 7) is 15.4. The molecule has 0 N–H and O–H groups in total. The predicted molar refractivity (Wildman–Crippen MR) is 178 cm³/mol. The maximum Gasteiger partial charge on any atom is 0.196 e. The van der Waals surface area contributed by atoms with E-state index in [1.165, 1.54) is 12.1 Å². The highest BCUT2D eigenvalue weighted by atomic mass is 35.5. The molecule has 4 aromatic rings. The highest BCUT2D eigenvalue weighted by Crippen LogP contribution is 2.33. The van der Waals surface area contributed by atoms with Crippen LogP contribution >= 0.6 is 46.4 Å².